The third-order valence-electron chi connectivity index (χ3n) is 3.92. The molecule has 1 fully saturated rings. The molecule has 2 aromatic carbocycles. The van der Waals surface area contributed by atoms with Crippen LogP contribution in [0.2, 0.25) is 0 Å². The third-order valence-corrected chi connectivity index (χ3v) is 5.69. The van der Waals surface area contributed by atoms with Crippen LogP contribution in [0.15, 0.2) is 42.5 Å². The summed E-state index contributed by atoms with van der Waals surface area (Å²) >= 11 is 0. The van der Waals surface area contributed by atoms with Gasteiger partial charge in [0.15, 0.2) is 16.4 Å². The van der Waals surface area contributed by atoms with Crippen molar-refractivity contribution in [3.63, 3.8) is 0 Å². The van der Waals surface area contributed by atoms with E-state index in [9.17, 15) is 18.0 Å². The Balaban J connectivity index is 1.55. The van der Waals surface area contributed by atoms with E-state index in [0.29, 0.717) is 12.0 Å². The Kier molecular flexibility index (Phi) is 4.53. The average molecular weight is 347 g/mol. The average Bonchev–Trinajstić information content (AvgIpc) is 2.90. The highest BCUT2D eigenvalue weighted by Gasteiger charge is 2.29. The highest BCUT2D eigenvalue weighted by atomic mass is 32.2. The molecule has 2 aromatic rings. The number of amides is 1. The van der Waals surface area contributed by atoms with Crippen LogP contribution in [0.4, 0.5) is 0 Å². The van der Waals surface area contributed by atoms with E-state index in [1.807, 2.05) is 30.3 Å². The molecular weight excluding hydrogens is 330 g/mol. The minimum Gasteiger partial charge on any atom is -0.452 e. The van der Waals surface area contributed by atoms with Gasteiger partial charge in [-0.25, -0.2) is 13.2 Å². The molecular formula is C17H17NO5S. The predicted molar refractivity (Wildman–Crippen MR) is 89.4 cm³/mol. The second-order valence-corrected chi connectivity index (χ2v) is 8.03. The van der Waals surface area contributed by atoms with Crippen molar-refractivity contribution >= 4 is 32.5 Å². The molecule has 0 radical (unpaired) electrons. The Morgan fingerprint density at radius 3 is 2.58 bits per heavy atom. The molecule has 3 rings (SSSR count). The number of benzene rings is 2. The largest absolute Gasteiger partial charge is 0.452 e. The van der Waals surface area contributed by atoms with Gasteiger partial charge in [-0.1, -0.05) is 30.3 Å². The van der Waals surface area contributed by atoms with Crippen LogP contribution in [-0.4, -0.2) is 44.4 Å². The van der Waals surface area contributed by atoms with E-state index < -0.39 is 34.4 Å². The van der Waals surface area contributed by atoms with Gasteiger partial charge in [0, 0.05) is 6.04 Å². The van der Waals surface area contributed by atoms with Crippen LogP contribution in [-0.2, 0) is 19.4 Å². The number of fused-ring (bicyclic) bond motifs is 1. The molecule has 7 heteroatoms. The van der Waals surface area contributed by atoms with E-state index in [0.717, 1.165) is 10.8 Å². The maximum absolute atomic E-state index is 12.0. The molecule has 1 amide bonds. The SMILES string of the molecule is O=C(COC(=O)c1ccc2ccccc2c1)N[C@H]1CCS(=O)(=O)C1. The van der Waals surface area contributed by atoms with E-state index in [4.69, 9.17) is 4.74 Å². The lowest BCUT2D eigenvalue weighted by molar-refractivity contribution is -0.124. The summed E-state index contributed by atoms with van der Waals surface area (Å²) in [5.74, 6) is -1.06. The van der Waals surface area contributed by atoms with Crippen molar-refractivity contribution in [3.05, 3.63) is 48.0 Å². The highest BCUT2D eigenvalue weighted by molar-refractivity contribution is 7.91. The van der Waals surface area contributed by atoms with Crippen LogP contribution in [0.25, 0.3) is 10.8 Å². The lowest BCUT2D eigenvalue weighted by atomic mass is 10.1. The number of hydrogen-bond acceptors (Lipinski definition) is 5. The van der Waals surface area contributed by atoms with E-state index in [1.54, 1.807) is 12.1 Å². The predicted octanol–water partition coefficient (Wildman–Crippen LogP) is 1.30. The first-order valence-corrected chi connectivity index (χ1v) is 9.41. The highest BCUT2D eigenvalue weighted by Crippen LogP contribution is 2.16. The maximum Gasteiger partial charge on any atom is 0.338 e. The maximum atomic E-state index is 12.0. The van der Waals surface area contributed by atoms with E-state index in [1.165, 1.54) is 0 Å². The molecule has 126 valence electrons. The third kappa shape index (κ3) is 3.91. The molecule has 6 nitrogen and oxygen atoms in total. The molecule has 1 heterocycles. The zero-order valence-electron chi connectivity index (χ0n) is 12.9. The van der Waals surface area contributed by atoms with Crippen molar-refractivity contribution in [2.75, 3.05) is 18.1 Å². The minimum atomic E-state index is -3.06. The summed E-state index contributed by atoms with van der Waals surface area (Å²) in [6.07, 6.45) is 0.396. The van der Waals surface area contributed by atoms with Crippen LogP contribution in [0.1, 0.15) is 16.8 Å². The van der Waals surface area contributed by atoms with Gasteiger partial charge in [-0.15, -0.1) is 0 Å². The molecule has 1 atom stereocenters. The van der Waals surface area contributed by atoms with Gasteiger partial charge in [0.25, 0.3) is 5.91 Å². The fourth-order valence-electron chi connectivity index (χ4n) is 2.71. The molecule has 24 heavy (non-hydrogen) atoms. The number of hydrogen-bond donors (Lipinski definition) is 1. The quantitative estimate of drug-likeness (QED) is 0.842. The summed E-state index contributed by atoms with van der Waals surface area (Å²) in [6, 6.07) is 12.4. The van der Waals surface area contributed by atoms with E-state index in [-0.39, 0.29) is 11.5 Å². The minimum absolute atomic E-state index is 0.0582. The standard InChI is InChI=1S/C17H17NO5S/c19-16(18-15-7-8-24(21,22)11-15)10-23-17(20)14-6-5-12-3-1-2-4-13(12)9-14/h1-6,9,15H,7-8,10-11H2,(H,18,19)/t15-/m0/s1. The topological polar surface area (TPSA) is 89.5 Å². The zero-order chi connectivity index (χ0) is 17.2. The van der Waals surface area contributed by atoms with Gasteiger partial charge in [-0.3, -0.25) is 4.79 Å². The van der Waals surface area contributed by atoms with Crippen molar-refractivity contribution < 1.29 is 22.7 Å². The summed E-state index contributed by atoms with van der Waals surface area (Å²) in [5.41, 5.74) is 0.366. The Morgan fingerprint density at radius 2 is 1.88 bits per heavy atom. The summed E-state index contributed by atoms with van der Waals surface area (Å²) in [5, 5.41) is 4.49. The number of carbonyl (C=O) groups excluding carboxylic acids is 2. The lowest BCUT2D eigenvalue weighted by Crippen LogP contribution is -2.38. The van der Waals surface area contributed by atoms with Gasteiger partial charge in [-0.05, 0) is 29.3 Å². The Labute approximate surface area is 139 Å². The number of ether oxygens (including phenoxy) is 1. The van der Waals surface area contributed by atoms with Crippen LogP contribution in [0.5, 0.6) is 0 Å². The molecule has 0 spiro atoms. The van der Waals surface area contributed by atoms with Gasteiger partial charge in [0.2, 0.25) is 0 Å². The Hall–Kier alpha value is -2.41. The van der Waals surface area contributed by atoms with Crippen LogP contribution < -0.4 is 5.32 Å². The smallest absolute Gasteiger partial charge is 0.338 e. The molecule has 0 aromatic heterocycles. The van der Waals surface area contributed by atoms with Gasteiger partial charge in [0.1, 0.15) is 0 Å². The van der Waals surface area contributed by atoms with Gasteiger partial charge in [-0.2, -0.15) is 0 Å². The van der Waals surface area contributed by atoms with Crippen molar-refractivity contribution in [1.82, 2.24) is 5.32 Å². The molecule has 0 saturated carbocycles. The molecule has 0 bridgehead atoms. The van der Waals surface area contributed by atoms with Crippen molar-refractivity contribution in [3.8, 4) is 0 Å². The van der Waals surface area contributed by atoms with E-state index in [2.05, 4.69) is 5.32 Å². The Bertz CT molecular complexity index is 891. The Morgan fingerprint density at radius 1 is 1.12 bits per heavy atom. The van der Waals surface area contributed by atoms with Crippen LogP contribution >= 0.6 is 0 Å². The number of sulfone groups is 1. The van der Waals surface area contributed by atoms with Crippen LogP contribution in [0.3, 0.4) is 0 Å². The first-order valence-electron chi connectivity index (χ1n) is 7.59. The normalized spacial score (nSPS) is 19.1. The van der Waals surface area contributed by atoms with Crippen molar-refractivity contribution in [2.45, 2.75) is 12.5 Å². The number of carbonyl (C=O) groups is 2. The molecule has 0 unspecified atom stereocenters. The van der Waals surface area contributed by atoms with Gasteiger partial charge < -0.3 is 10.1 Å². The van der Waals surface area contributed by atoms with Gasteiger partial charge >= 0.3 is 5.97 Å². The first-order chi connectivity index (χ1) is 11.4. The van der Waals surface area contributed by atoms with Crippen molar-refractivity contribution in [2.24, 2.45) is 0 Å². The summed E-state index contributed by atoms with van der Waals surface area (Å²) in [6.45, 7) is -0.428. The number of nitrogens with one attached hydrogen (secondary N) is 1. The van der Waals surface area contributed by atoms with Crippen LogP contribution in [0, 0.1) is 0 Å². The number of rotatable bonds is 4. The second kappa shape index (κ2) is 6.60. The second-order valence-electron chi connectivity index (χ2n) is 5.81. The fourth-order valence-corrected chi connectivity index (χ4v) is 4.38. The monoisotopic (exact) mass is 347 g/mol. The first kappa shape index (κ1) is 16.4. The zero-order valence-corrected chi connectivity index (χ0v) is 13.7. The summed E-state index contributed by atoms with van der Waals surface area (Å²) in [4.78, 5) is 23.8. The number of esters is 1. The fraction of sp³-hybridized carbons (Fsp3) is 0.294. The summed E-state index contributed by atoms with van der Waals surface area (Å²) < 4.78 is 27.7. The molecule has 1 aliphatic rings. The lowest BCUT2D eigenvalue weighted by Gasteiger charge is -2.11. The summed E-state index contributed by atoms with van der Waals surface area (Å²) in [7, 11) is -3.06. The van der Waals surface area contributed by atoms with Crippen molar-refractivity contribution in [1.29, 1.82) is 0 Å². The van der Waals surface area contributed by atoms with Gasteiger partial charge in [0.05, 0.1) is 17.1 Å². The molecule has 1 aliphatic heterocycles. The molecule has 1 saturated heterocycles. The molecule has 1 N–H and O–H groups in total. The molecule has 0 aliphatic carbocycles. The van der Waals surface area contributed by atoms with E-state index >= 15 is 0 Å².